The molecule has 1 aliphatic rings. The van der Waals surface area contributed by atoms with Crippen LogP contribution in [0.5, 0.6) is 5.88 Å². The first-order valence-electron chi connectivity index (χ1n) is 10.8. The molecule has 3 aromatic heterocycles. The maximum Gasteiger partial charge on any atom is 0.435 e. The molecule has 4 heterocycles. The largest absolute Gasteiger partial charge is 0.478 e. The molecule has 0 amide bonds. The van der Waals surface area contributed by atoms with Crippen LogP contribution in [0.4, 0.5) is 19.0 Å². The van der Waals surface area contributed by atoms with Crippen LogP contribution in [0.1, 0.15) is 37.0 Å². The molecule has 13 heteroatoms. The first-order valence-corrected chi connectivity index (χ1v) is 11.5. The van der Waals surface area contributed by atoms with Crippen LogP contribution >= 0.6 is 23.2 Å². The number of nitrogens with one attached hydrogen (secondary N) is 1. The molecular weight excluding hydrogens is 518 g/mol. The zero-order chi connectivity index (χ0) is 25.6. The molecule has 0 bridgehead atoms. The highest BCUT2D eigenvalue weighted by molar-refractivity contribution is 6.42. The fourth-order valence-corrected chi connectivity index (χ4v) is 4.34. The minimum absolute atomic E-state index is 0.169. The molecule has 0 spiro atoms. The predicted octanol–water partition coefficient (Wildman–Crippen LogP) is 6.03. The van der Waals surface area contributed by atoms with Crippen LogP contribution in [0.15, 0.2) is 54.5 Å². The van der Waals surface area contributed by atoms with Gasteiger partial charge in [-0.1, -0.05) is 35.3 Å². The lowest BCUT2D eigenvalue weighted by atomic mass is 9.95. The Morgan fingerprint density at radius 2 is 1.92 bits per heavy atom. The third-order valence-corrected chi connectivity index (χ3v) is 6.27. The van der Waals surface area contributed by atoms with E-state index in [1.165, 1.54) is 15.7 Å². The van der Waals surface area contributed by atoms with Crippen molar-refractivity contribution >= 4 is 34.6 Å². The van der Waals surface area contributed by atoms with E-state index in [0.717, 1.165) is 6.07 Å². The van der Waals surface area contributed by atoms with E-state index in [9.17, 15) is 13.2 Å². The van der Waals surface area contributed by atoms with Gasteiger partial charge < -0.3 is 10.1 Å². The fraction of sp³-hybridized carbons (Fsp3) is 0.217. The van der Waals surface area contributed by atoms with E-state index < -0.39 is 17.9 Å². The zero-order valence-electron chi connectivity index (χ0n) is 18.9. The second kappa shape index (κ2) is 9.14. The van der Waals surface area contributed by atoms with Crippen molar-refractivity contribution in [3.63, 3.8) is 0 Å². The summed E-state index contributed by atoms with van der Waals surface area (Å²) in [5, 5.41) is 11.8. The molecule has 1 aromatic carbocycles. The Bertz CT molecular complexity index is 1480. The molecule has 1 atom stereocenters. The van der Waals surface area contributed by atoms with Crippen molar-refractivity contribution in [2.24, 2.45) is 0 Å². The SMILES string of the molecule is CCOc1cccc(-n2ncnc2C2=C(C)Nc3cc(C(F)(F)F)nn3[C@@H]2c2ccc(Cl)c(Cl)c2)n1. The number of hydrogen-bond acceptors (Lipinski definition) is 6. The Kier molecular flexibility index (Phi) is 6.13. The Morgan fingerprint density at radius 1 is 1.11 bits per heavy atom. The normalized spacial score (nSPS) is 15.6. The quantitative estimate of drug-likeness (QED) is 0.336. The van der Waals surface area contributed by atoms with Gasteiger partial charge in [-0.2, -0.15) is 33.0 Å². The number of hydrogen-bond donors (Lipinski definition) is 1. The maximum absolute atomic E-state index is 13.6. The molecule has 186 valence electrons. The molecule has 1 aliphatic heterocycles. The number of rotatable bonds is 5. The number of pyridine rings is 1. The third-order valence-electron chi connectivity index (χ3n) is 5.53. The first kappa shape index (κ1) is 24.1. The van der Waals surface area contributed by atoms with Crippen molar-refractivity contribution in [1.29, 1.82) is 0 Å². The highest BCUT2D eigenvalue weighted by atomic mass is 35.5. The summed E-state index contributed by atoms with van der Waals surface area (Å²) in [6.45, 7) is 4.01. The number of aromatic nitrogens is 6. The first-order chi connectivity index (χ1) is 17.2. The number of fused-ring (bicyclic) bond motifs is 1. The van der Waals surface area contributed by atoms with Gasteiger partial charge in [0.15, 0.2) is 17.3 Å². The van der Waals surface area contributed by atoms with Gasteiger partial charge in [-0.05, 0) is 37.6 Å². The smallest absolute Gasteiger partial charge is 0.435 e. The standard InChI is InChI=1S/C23H18Cl2F3N7O/c1-3-36-19-6-4-5-17(32-19)35-22(29-11-30-35)20-12(2)31-18-10-16(23(26,27)28)33-34(18)21(20)13-7-8-14(24)15(25)9-13/h4-11,21,31H,3H2,1-2H3/t21-/m1/s1. The van der Waals surface area contributed by atoms with Crippen LogP contribution in [0, 0.1) is 0 Å². The molecule has 5 rings (SSSR count). The molecule has 1 N–H and O–H groups in total. The van der Waals surface area contributed by atoms with Gasteiger partial charge in [0.2, 0.25) is 5.88 Å². The average Bonchev–Trinajstić information content (AvgIpc) is 3.47. The summed E-state index contributed by atoms with van der Waals surface area (Å²) in [4.78, 5) is 8.91. The van der Waals surface area contributed by atoms with Crippen LogP contribution in [0.25, 0.3) is 11.4 Å². The summed E-state index contributed by atoms with van der Waals surface area (Å²) in [6, 6.07) is 10.2. The number of nitrogens with zero attached hydrogens (tertiary/aromatic N) is 6. The predicted molar refractivity (Wildman–Crippen MR) is 128 cm³/mol. The van der Waals surface area contributed by atoms with E-state index >= 15 is 0 Å². The topological polar surface area (TPSA) is 82.7 Å². The number of benzene rings is 1. The third kappa shape index (κ3) is 4.28. The summed E-state index contributed by atoms with van der Waals surface area (Å²) in [6.07, 6.45) is -3.29. The van der Waals surface area contributed by atoms with E-state index in [1.54, 1.807) is 43.3 Å². The summed E-state index contributed by atoms with van der Waals surface area (Å²) in [5.74, 6) is 1.34. The van der Waals surface area contributed by atoms with Crippen molar-refractivity contribution < 1.29 is 17.9 Å². The van der Waals surface area contributed by atoms with Crippen molar-refractivity contribution in [3.8, 4) is 11.7 Å². The minimum atomic E-state index is -4.63. The van der Waals surface area contributed by atoms with Gasteiger partial charge in [-0.15, -0.1) is 0 Å². The van der Waals surface area contributed by atoms with Gasteiger partial charge in [0.05, 0.1) is 16.7 Å². The molecule has 4 aromatic rings. The molecule has 36 heavy (non-hydrogen) atoms. The van der Waals surface area contributed by atoms with E-state index in [0.29, 0.717) is 46.0 Å². The van der Waals surface area contributed by atoms with Gasteiger partial charge in [-0.3, -0.25) is 0 Å². The number of alkyl halides is 3. The van der Waals surface area contributed by atoms with Crippen LogP contribution in [0.3, 0.4) is 0 Å². The Hall–Kier alpha value is -3.57. The lowest BCUT2D eigenvalue weighted by molar-refractivity contribution is -0.141. The Labute approximate surface area is 213 Å². The summed E-state index contributed by atoms with van der Waals surface area (Å²) in [7, 11) is 0. The van der Waals surface area contributed by atoms with Gasteiger partial charge in [-0.25, -0.2) is 9.67 Å². The number of anilines is 1. The molecule has 8 nitrogen and oxygen atoms in total. The van der Waals surface area contributed by atoms with Gasteiger partial charge in [0.25, 0.3) is 0 Å². The zero-order valence-corrected chi connectivity index (χ0v) is 20.4. The Morgan fingerprint density at radius 3 is 2.64 bits per heavy atom. The highest BCUT2D eigenvalue weighted by Gasteiger charge is 2.39. The summed E-state index contributed by atoms with van der Waals surface area (Å²) >= 11 is 12.4. The monoisotopic (exact) mass is 535 g/mol. The highest BCUT2D eigenvalue weighted by Crippen LogP contribution is 2.44. The van der Waals surface area contributed by atoms with Gasteiger partial charge in [0.1, 0.15) is 18.2 Å². The molecule has 0 fully saturated rings. The van der Waals surface area contributed by atoms with Crippen LogP contribution in [0.2, 0.25) is 10.0 Å². The number of halogens is 5. The van der Waals surface area contributed by atoms with Crippen molar-refractivity contribution in [2.45, 2.75) is 26.1 Å². The lowest BCUT2D eigenvalue weighted by Crippen LogP contribution is -2.25. The average molecular weight is 536 g/mol. The van der Waals surface area contributed by atoms with Crippen LogP contribution in [-0.2, 0) is 6.18 Å². The van der Waals surface area contributed by atoms with E-state index in [2.05, 4.69) is 25.5 Å². The number of ether oxygens (including phenoxy) is 1. The Balaban J connectivity index is 1.70. The lowest BCUT2D eigenvalue weighted by Gasteiger charge is -2.30. The van der Waals surface area contributed by atoms with Crippen LogP contribution < -0.4 is 10.1 Å². The van der Waals surface area contributed by atoms with E-state index in [-0.39, 0.29) is 10.8 Å². The number of allylic oxidation sites excluding steroid dienone is 2. The van der Waals surface area contributed by atoms with Gasteiger partial charge in [0, 0.05) is 23.4 Å². The van der Waals surface area contributed by atoms with Crippen molar-refractivity contribution in [3.05, 3.63) is 81.6 Å². The second-order valence-corrected chi connectivity index (χ2v) is 8.67. The molecule has 0 saturated carbocycles. The summed E-state index contributed by atoms with van der Waals surface area (Å²) < 4.78 is 49.0. The van der Waals surface area contributed by atoms with Crippen molar-refractivity contribution in [1.82, 2.24) is 29.5 Å². The summed E-state index contributed by atoms with van der Waals surface area (Å²) in [5.41, 5.74) is 0.613. The molecule has 0 saturated heterocycles. The second-order valence-electron chi connectivity index (χ2n) is 7.86. The fourth-order valence-electron chi connectivity index (χ4n) is 4.03. The maximum atomic E-state index is 13.6. The van der Waals surface area contributed by atoms with Crippen molar-refractivity contribution in [2.75, 3.05) is 11.9 Å². The molecule has 0 unspecified atom stereocenters. The molecule has 0 aliphatic carbocycles. The molecular formula is C23H18Cl2F3N7O. The van der Waals surface area contributed by atoms with Gasteiger partial charge >= 0.3 is 6.18 Å². The van der Waals surface area contributed by atoms with E-state index in [1.807, 2.05) is 6.92 Å². The van der Waals surface area contributed by atoms with E-state index in [4.69, 9.17) is 27.9 Å². The molecule has 0 radical (unpaired) electrons. The minimum Gasteiger partial charge on any atom is -0.478 e. The van der Waals surface area contributed by atoms with Crippen LogP contribution in [-0.4, -0.2) is 36.1 Å².